The summed E-state index contributed by atoms with van der Waals surface area (Å²) >= 11 is 0. The van der Waals surface area contributed by atoms with Crippen molar-refractivity contribution in [1.82, 2.24) is 9.88 Å². The lowest BCUT2D eigenvalue weighted by atomic mass is 10.1. The Kier molecular flexibility index (Phi) is 3.24. The van der Waals surface area contributed by atoms with Gasteiger partial charge in [0.25, 0.3) is 5.91 Å². The fourth-order valence-electron chi connectivity index (χ4n) is 2.96. The van der Waals surface area contributed by atoms with E-state index in [-0.39, 0.29) is 17.3 Å². The lowest BCUT2D eigenvalue weighted by Gasteiger charge is -2.22. The Bertz CT molecular complexity index is 710. The van der Waals surface area contributed by atoms with Crippen molar-refractivity contribution in [3.8, 4) is 0 Å². The number of aryl methyl sites for hydroxylation is 1. The Morgan fingerprint density at radius 3 is 2.90 bits per heavy atom. The molecule has 0 spiro atoms. The number of amides is 1. The number of rotatable bonds is 2. The average molecular weight is 290 g/mol. The van der Waals surface area contributed by atoms with Crippen molar-refractivity contribution in [2.45, 2.75) is 25.9 Å². The monoisotopic (exact) mass is 290 g/mol. The normalized spacial score (nSPS) is 22.2. The maximum absolute atomic E-state index is 13.3. The van der Waals surface area contributed by atoms with Gasteiger partial charge in [0.2, 0.25) is 0 Å². The molecule has 1 aromatic heterocycles. The molecule has 1 fully saturated rings. The van der Waals surface area contributed by atoms with Crippen LogP contribution in [0.3, 0.4) is 0 Å². The van der Waals surface area contributed by atoms with Crippen LogP contribution in [-0.4, -0.2) is 41.6 Å². The van der Waals surface area contributed by atoms with Gasteiger partial charge >= 0.3 is 0 Å². The van der Waals surface area contributed by atoms with E-state index in [1.165, 1.54) is 12.1 Å². The first-order valence-electron chi connectivity index (χ1n) is 7.06. The average Bonchev–Trinajstić information content (AvgIpc) is 3.00. The number of aromatic amines is 1. The number of nitrogens with zero attached hydrogens (tertiary/aromatic N) is 1. The summed E-state index contributed by atoms with van der Waals surface area (Å²) in [5.41, 5.74) is 1.78. The molecule has 0 bridgehead atoms. The van der Waals surface area contributed by atoms with Gasteiger partial charge in [-0.2, -0.15) is 0 Å². The summed E-state index contributed by atoms with van der Waals surface area (Å²) in [6.45, 7) is 5.14. The van der Waals surface area contributed by atoms with E-state index < -0.39 is 0 Å². The molecule has 2 heterocycles. The van der Waals surface area contributed by atoms with Gasteiger partial charge in [-0.05, 0) is 44.0 Å². The van der Waals surface area contributed by atoms with Crippen LogP contribution in [0.4, 0.5) is 4.39 Å². The number of likely N-dealkylation sites (tertiary alicyclic amines) is 1. The molecule has 1 unspecified atom stereocenters. The molecule has 21 heavy (non-hydrogen) atoms. The number of ether oxygens (including phenoxy) is 1. The van der Waals surface area contributed by atoms with Gasteiger partial charge in [-0.15, -0.1) is 0 Å². The number of halogens is 1. The number of carbonyl (C=O) groups is 1. The standard InChI is InChI=1S/C16H19FN2O2/c1-10-12-5-4-11(17)8-13(12)18-14(10)15(20)19-7-6-16(2,9-19)21-3/h4-5,8,18H,6-7,9H2,1-3H3. The highest BCUT2D eigenvalue weighted by Crippen LogP contribution is 2.28. The van der Waals surface area contributed by atoms with E-state index in [9.17, 15) is 9.18 Å². The largest absolute Gasteiger partial charge is 0.377 e. The summed E-state index contributed by atoms with van der Waals surface area (Å²) in [7, 11) is 1.67. The minimum atomic E-state index is -0.309. The molecule has 1 N–H and O–H groups in total. The van der Waals surface area contributed by atoms with Crippen molar-refractivity contribution in [3.63, 3.8) is 0 Å². The molecule has 1 saturated heterocycles. The summed E-state index contributed by atoms with van der Waals surface area (Å²) in [6.07, 6.45) is 0.823. The number of carbonyl (C=O) groups excluding carboxylic acids is 1. The predicted octanol–water partition coefficient (Wildman–Crippen LogP) is 2.87. The molecule has 1 aromatic carbocycles. The van der Waals surface area contributed by atoms with Gasteiger partial charge in [-0.25, -0.2) is 4.39 Å². The zero-order valence-corrected chi connectivity index (χ0v) is 12.5. The number of H-pyrrole nitrogens is 1. The molecule has 112 valence electrons. The second-order valence-corrected chi connectivity index (χ2v) is 5.95. The molecule has 1 atom stereocenters. The van der Waals surface area contributed by atoms with Crippen molar-refractivity contribution in [3.05, 3.63) is 35.3 Å². The lowest BCUT2D eigenvalue weighted by Crippen LogP contribution is -2.35. The van der Waals surface area contributed by atoms with Crippen LogP contribution in [-0.2, 0) is 4.74 Å². The van der Waals surface area contributed by atoms with Gasteiger partial charge in [-0.1, -0.05) is 0 Å². The van der Waals surface area contributed by atoms with Crippen LogP contribution < -0.4 is 0 Å². The fraction of sp³-hybridized carbons (Fsp3) is 0.438. The third-order valence-corrected chi connectivity index (χ3v) is 4.45. The Morgan fingerprint density at radius 2 is 2.24 bits per heavy atom. The van der Waals surface area contributed by atoms with Crippen molar-refractivity contribution < 1.29 is 13.9 Å². The summed E-state index contributed by atoms with van der Waals surface area (Å²) in [4.78, 5) is 17.5. The van der Waals surface area contributed by atoms with E-state index in [0.29, 0.717) is 24.3 Å². The molecule has 3 rings (SSSR count). The van der Waals surface area contributed by atoms with Crippen LogP contribution >= 0.6 is 0 Å². The Labute approximate surface area is 122 Å². The van der Waals surface area contributed by atoms with Gasteiger partial charge < -0.3 is 14.6 Å². The molecule has 1 aliphatic rings. The minimum Gasteiger partial charge on any atom is -0.377 e. The highest BCUT2D eigenvalue weighted by molar-refractivity contribution is 6.01. The first kappa shape index (κ1) is 14.1. The van der Waals surface area contributed by atoms with Gasteiger partial charge in [-0.3, -0.25) is 4.79 Å². The van der Waals surface area contributed by atoms with Crippen molar-refractivity contribution >= 4 is 16.8 Å². The number of aromatic nitrogens is 1. The summed E-state index contributed by atoms with van der Waals surface area (Å²) in [5.74, 6) is -0.360. The summed E-state index contributed by atoms with van der Waals surface area (Å²) in [6, 6.07) is 4.54. The maximum atomic E-state index is 13.3. The molecule has 0 saturated carbocycles. The number of fused-ring (bicyclic) bond motifs is 1. The first-order chi connectivity index (χ1) is 9.93. The molecule has 4 nitrogen and oxygen atoms in total. The Balaban J connectivity index is 1.94. The van der Waals surface area contributed by atoms with Crippen molar-refractivity contribution in [2.24, 2.45) is 0 Å². The summed E-state index contributed by atoms with van der Waals surface area (Å²) < 4.78 is 18.8. The molecular formula is C16H19FN2O2. The fourth-order valence-corrected chi connectivity index (χ4v) is 2.96. The zero-order chi connectivity index (χ0) is 15.2. The minimum absolute atomic E-state index is 0.0510. The topological polar surface area (TPSA) is 45.3 Å². The zero-order valence-electron chi connectivity index (χ0n) is 12.5. The molecule has 1 aliphatic heterocycles. The molecule has 5 heteroatoms. The van der Waals surface area contributed by atoms with E-state index in [1.54, 1.807) is 18.1 Å². The van der Waals surface area contributed by atoms with Crippen molar-refractivity contribution in [1.29, 1.82) is 0 Å². The van der Waals surface area contributed by atoms with Gasteiger partial charge in [0.05, 0.1) is 5.60 Å². The quantitative estimate of drug-likeness (QED) is 0.924. The number of benzene rings is 1. The maximum Gasteiger partial charge on any atom is 0.270 e. The summed E-state index contributed by atoms with van der Waals surface area (Å²) in [5, 5.41) is 0.883. The smallest absolute Gasteiger partial charge is 0.270 e. The van der Waals surface area contributed by atoms with Crippen LogP contribution in [0.25, 0.3) is 10.9 Å². The molecule has 0 aliphatic carbocycles. The van der Waals surface area contributed by atoms with Crippen molar-refractivity contribution in [2.75, 3.05) is 20.2 Å². The van der Waals surface area contributed by atoms with E-state index in [4.69, 9.17) is 4.74 Å². The van der Waals surface area contributed by atoms with E-state index in [0.717, 1.165) is 17.4 Å². The number of methoxy groups -OCH3 is 1. The molecule has 2 aromatic rings. The third kappa shape index (κ3) is 2.31. The van der Waals surface area contributed by atoms with E-state index in [1.807, 2.05) is 13.8 Å². The Hall–Kier alpha value is -1.88. The number of hydrogen-bond acceptors (Lipinski definition) is 2. The van der Waals surface area contributed by atoms with Crippen LogP contribution in [0.15, 0.2) is 18.2 Å². The van der Waals surface area contributed by atoms with Gasteiger partial charge in [0.1, 0.15) is 11.5 Å². The number of nitrogens with one attached hydrogen (secondary N) is 1. The second kappa shape index (κ2) is 4.84. The molecule has 1 amide bonds. The molecule has 0 radical (unpaired) electrons. The van der Waals surface area contributed by atoms with Gasteiger partial charge in [0.15, 0.2) is 0 Å². The molecular weight excluding hydrogens is 271 g/mol. The highest BCUT2D eigenvalue weighted by atomic mass is 19.1. The second-order valence-electron chi connectivity index (χ2n) is 5.95. The third-order valence-electron chi connectivity index (χ3n) is 4.45. The van der Waals surface area contributed by atoms with E-state index >= 15 is 0 Å². The Morgan fingerprint density at radius 1 is 1.48 bits per heavy atom. The van der Waals surface area contributed by atoms with Gasteiger partial charge in [0, 0.05) is 31.1 Å². The highest BCUT2D eigenvalue weighted by Gasteiger charge is 2.37. The van der Waals surface area contributed by atoms with Crippen LogP contribution in [0.1, 0.15) is 29.4 Å². The van der Waals surface area contributed by atoms with E-state index in [2.05, 4.69) is 4.98 Å². The predicted molar refractivity (Wildman–Crippen MR) is 78.9 cm³/mol. The lowest BCUT2D eigenvalue weighted by molar-refractivity contribution is 0.0146. The SMILES string of the molecule is COC1(C)CCN(C(=O)c2[nH]c3cc(F)ccc3c2C)C1. The van der Waals surface area contributed by atoms with Crippen LogP contribution in [0.2, 0.25) is 0 Å². The first-order valence-corrected chi connectivity index (χ1v) is 7.06. The van der Waals surface area contributed by atoms with Crippen LogP contribution in [0.5, 0.6) is 0 Å². The van der Waals surface area contributed by atoms with Crippen LogP contribution in [0, 0.1) is 12.7 Å². The number of hydrogen-bond donors (Lipinski definition) is 1.